The molecule has 170 valence electrons. The lowest BCUT2D eigenvalue weighted by Crippen LogP contribution is -2.37. The minimum absolute atomic E-state index is 0.132. The van der Waals surface area contributed by atoms with E-state index in [1.165, 1.54) is 0 Å². The zero-order valence-electron chi connectivity index (χ0n) is 19.1. The Labute approximate surface area is 199 Å². The van der Waals surface area contributed by atoms with Crippen LogP contribution < -0.4 is 10.1 Å². The molecule has 1 saturated heterocycles. The lowest BCUT2D eigenvalue weighted by molar-refractivity contribution is 0.160. The van der Waals surface area contributed by atoms with Gasteiger partial charge in [0.1, 0.15) is 6.10 Å². The SMILES string of the molecule is N#CC1(c2cccc(-c3ccc4[nH]cc(-c5cncc(O[C@@H]6CCCNC6)n5)c4c3)c2)CCC1. The van der Waals surface area contributed by atoms with Gasteiger partial charge < -0.3 is 15.0 Å². The summed E-state index contributed by atoms with van der Waals surface area (Å²) in [5.74, 6) is 0.562. The number of piperidine rings is 1. The fourth-order valence-corrected chi connectivity index (χ4v) is 5.13. The summed E-state index contributed by atoms with van der Waals surface area (Å²) in [6.07, 6.45) is 10.8. The highest BCUT2D eigenvalue weighted by molar-refractivity contribution is 5.97. The molecule has 0 radical (unpaired) electrons. The number of aromatic amines is 1. The summed E-state index contributed by atoms with van der Waals surface area (Å²) < 4.78 is 6.10. The molecule has 1 saturated carbocycles. The van der Waals surface area contributed by atoms with Crippen molar-refractivity contribution in [1.82, 2.24) is 20.3 Å². The maximum atomic E-state index is 9.77. The fraction of sp³-hybridized carbons (Fsp3) is 0.321. The number of hydrogen-bond donors (Lipinski definition) is 2. The van der Waals surface area contributed by atoms with E-state index in [2.05, 4.69) is 63.8 Å². The Kier molecular flexibility index (Phi) is 5.27. The van der Waals surface area contributed by atoms with E-state index < -0.39 is 0 Å². The molecular weight excluding hydrogens is 422 g/mol. The van der Waals surface area contributed by atoms with Crippen molar-refractivity contribution in [2.75, 3.05) is 13.1 Å². The molecule has 1 atom stereocenters. The van der Waals surface area contributed by atoms with Gasteiger partial charge >= 0.3 is 0 Å². The molecule has 2 aromatic heterocycles. The lowest BCUT2D eigenvalue weighted by atomic mass is 9.65. The molecule has 1 aliphatic carbocycles. The molecule has 0 spiro atoms. The van der Waals surface area contributed by atoms with Crippen molar-refractivity contribution in [3.8, 4) is 34.3 Å². The van der Waals surface area contributed by atoms with Gasteiger partial charge in [-0.05, 0) is 73.5 Å². The summed E-state index contributed by atoms with van der Waals surface area (Å²) in [4.78, 5) is 12.5. The van der Waals surface area contributed by atoms with Crippen LogP contribution in [0.25, 0.3) is 33.3 Å². The van der Waals surface area contributed by atoms with E-state index in [4.69, 9.17) is 9.72 Å². The quantitative estimate of drug-likeness (QED) is 0.428. The van der Waals surface area contributed by atoms with Gasteiger partial charge in [0.2, 0.25) is 5.88 Å². The molecule has 6 nitrogen and oxygen atoms in total. The molecule has 4 aromatic rings. The van der Waals surface area contributed by atoms with Crippen LogP contribution in [0.15, 0.2) is 61.1 Å². The highest BCUT2D eigenvalue weighted by atomic mass is 16.5. The molecule has 1 aliphatic heterocycles. The molecule has 2 aromatic carbocycles. The molecule has 0 amide bonds. The maximum absolute atomic E-state index is 9.77. The van der Waals surface area contributed by atoms with Crippen LogP contribution in [0, 0.1) is 11.3 Å². The minimum Gasteiger partial charge on any atom is -0.472 e. The average molecular weight is 450 g/mol. The number of H-pyrrole nitrogens is 1. The topological polar surface area (TPSA) is 86.6 Å². The zero-order valence-corrected chi connectivity index (χ0v) is 19.1. The number of ether oxygens (including phenoxy) is 1. The Hall–Kier alpha value is -3.69. The van der Waals surface area contributed by atoms with Gasteiger partial charge in [-0.2, -0.15) is 5.26 Å². The first-order chi connectivity index (χ1) is 16.7. The molecule has 34 heavy (non-hydrogen) atoms. The Balaban J connectivity index is 1.34. The van der Waals surface area contributed by atoms with E-state index >= 15 is 0 Å². The van der Waals surface area contributed by atoms with Crippen LogP contribution in [0.1, 0.15) is 37.7 Å². The van der Waals surface area contributed by atoms with Crippen LogP contribution in [0.3, 0.4) is 0 Å². The zero-order chi connectivity index (χ0) is 23.0. The molecule has 3 heterocycles. The van der Waals surface area contributed by atoms with Crippen molar-refractivity contribution in [2.24, 2.45) is 0 Å². The summed E-state index contributed by atoms with van der Waals surface area (Å²) >= 11 is 0. The largest absolute Gasteiger partial charge is 0.472 e. The highest BCUT2D eigenvalue weighted by Gasteiger charge is 2.39. The molecule has 2 aliphatic rings. The van der Waals surface area contributed by atoms with E-state index in [0.717, 1.165) is 84.0 Å². The first-order valence-electron chi connectivity index (χ1n) is 12.1. The monoisotopic (exact) mass is 449 g/mol. The van der Waals surface area contributed by atoms with Crippen molar-refractivity contribution in [3.05, 3.63) is 66.6 Å². The lowest BCUT2D eigenvalue weighted by Gasteiger charge is -2.35. The molecule has 2 N–H and O–H groups in total. The van der Waals surface area contributed by atoms with Gasteiger partial charge in [0.05, 0.1) is 29.6 Å². The smallest absolute Gasteiger partial charge is 0.233 e. The van der Waals surface area contributed by atoms with Crippen molar-refractivity contribution < 1.29 is 4.74 Å². The molecule has 2 fully saturated rings. The number of nitriles is 1. The molecule has 6 rings (SSSR count). The van der Waals surface area contributed by atoms with Gasteiger partial charge in [-0.25, -0.2) is 4.98 Å². The number of benzene rings is 2. The number of fused-ring (bicyclic) bond motifs is 1. The van der Waals surface area contributed by atoms with E-state index in [1.807, 2.05) is 6.20 Å². The molecular formula is C28H27N5O. The van der Waals surface area contributed by atoms with Crippen LogP contribution in [0.4, 0.5) is 0 Å². The predicted molar refractivity (Wildman–Crippen MR) is 132 cm³/mol. The van der Waals surface area contributed by atoms with Gasteiger partial charge in [0, 0.05) is 29.2 Å². The van der Waals surface area contributed by atoms with Crippen LogP contribution in [-0.2, 0) is 5.41 Å². The van der Waals surface area contributed by atoms with Gasteiger partial charge in [0.25, 0.3) is 0 Å². The maximum Gasteiger partial charge on any atom is 0.233 e. The second-order valence-electron chi connectivity index (χ2n) is 9.42. The highest BCUT2D eigenvalue weighted by Crippen LogP contribution is 2.44. The second-order valence-corrected chi connectivity index (χ2v) is 9.42. The third-order valence-corrected chi connectivity index (χ3v) is 7.28. The van der Waals surface area contributed by atoms with Gasteiger partial charge in [-0.15, -0.1) is 0 Å². The number of rotatable bonds is 5. The second kappa shape index (κ2) is 8.58. The Morgan fingerprint density at radius 2 is 1.97 bits per heavy atom. The average Bonchev–Trinajstić information content (AvgIpc) is 3.28. The number of nitrogens with one attached hydrogen (secondary N) is 2. The van der Waals surface area contributed by atoms with Crippen molar-refractivity contribution in [3.63, 3.8) is 0 Å². The number of hydrogen-bond acceptors (Lipinski definition) is 5. The Morgan fingerprint density at radius 3 is 2.76 bits per heavy atom. The van der Waals surface area contributed by atoms with Crippen molar-refractivity contribution in [2.45, 2.75) is 43.6 Å². The summed E-state index contributed by atoms with van der Waals surface area (Å²) in [6, 6.07) is 17.4. The molecule has 0 unspecified atom stereocenters. The van der Waals surface area contributed by atoms with Crippen molar-refractivity contribution in [1.29, 1.82) is 5.26 Å². The summed E-state index contributed by atoms with van der Waals surface area (Å²) in [5, 5.41) is 14.2. The molecule has 0 bridgehead atoms. The summed E-state index contributed by atoms with van der Waals surface area (Å²) in [7, 11) is 0. The standard InChI is InChI=1S/C28H27N5O/c29-18-28(9-3-10-28)21-5-1-4-19(12-21)20-7-8-25-23(13-20)24(15-32-25)26-16-31-17-27(33-26)34-22-6-2-11-30-14-22/h1,4-5,7-8,12-13,15-17,22,30,32H,2-3,6,9-11,14H2/t22-/m1/s1. The van der Waals surface area contributed by atoms with Crippen molar-refractivity contribution >= 4 is 10.9 Å². The van der Waals surface area contributed by atoms with E-state index in [0.29, 0.717) is 5.88 Å². The normalized spacial score (nSPS) is 19.3. The number of nitrogens with zero attached hydrogens (tertiary/aromatic N) is 3. The summed E-state index contributed by atoms with van der Waals surface area (Å²) in [5.41, 5.74) is 5.89. The van der Waals surface area contributed by atoms with Gasteiger partial charge in [-0.3, -0.25) is 4.98 Å². The first-order valence-corrected chi connectivity index (χ1v) is 12.1. The minimum atomic E-state index is -0.316. The van der Waals surface area contributed by atoms with E-state index in [9.17, 15) is 5.26 Å². The third-order valence-electron chi connectivity index (χ3n) is 7.28. The Bertz CT molecular complexity index is 1380. The van der Waals surface area contributed by atoms with Gasteiger partial charge in [-0.1, -0.05) is 24.3 Å². The van der Waals surface area contributed by atoms with Crippen LogP contribution in [-0.4, -0.2) is 34.1 Å². The molecule has 6 heteroatoms. The van der Waals surface area contributed by atoms with Crippen LogP contribution >= 0.6 is 0 Å². The Morgan fingerprint density at radius 1 is 1.06 bits per heavy atom. The predicted octanol–water partition coefficient (Wildman–Crippen LogP) is 5.37. The first kappa shape index (κ1) is 20.9. The number of aromatic nitrogens is 3. The summed E-state index contributed by atoms with van der Waals surface area (Å²) in [6.45, 7) is 1.89. The van der Waals surface area contributed by atoms with E-state index in [1.54, 1.807) is 12.4 Å². The third kappa shape index (κ3) is 3.72. The van der Waals surface area contributed by atoms with Crippen LogP contribution in [0.2, 0.25) is 0 Å². The fourth-order valence-electron chi connectivity index (χ4n) is 5.13. The van der Waals surface area contributed by atoms with E-state index in [-0.39, 0.29) is 11.5 Å². The van der Waals surface area contributed by atoms with Crippen LogP contribution in [0.5, 0.6) is 5.88 Å². The van der Waals surface area contributed by atoms with Gasteiger partial charge in [0.15, 0.2) is 0 Å².